The number of carboxylic acid groups (broad SMARTS) is 1. The van der Waals surface area contributed by atoms with Crippen LogP contribution < -0.4 is 18.9 Å². The molecule has 1 atom stereocenters. The van der Waals surface area contributed by atoms with E-state index in [1.165, 1.54) is 24.0 Å². The second-order valence-corrected chi connectivity index (χ2v) is 10.6. The Kier molecular flexibility index (Phi) is 13.0. The summed E-state index contributed by atoms with van der Waals surface area (Å²) in [5.74, 6) is -0.620. The van der Waals surface area contributed by atoms with Gasteiger partial charge in [0.2, 0.25) is 0 Å². The molecule has 0 saturated heterocycles. The fraction of sp³-hybridized carbons (Fsp3) is 0.355. The standard InChI is InChI=1S/C31H32Cl2F3NO8/c1-3-43-30(2,28(38)39)21-6-8-24(9-7-21)42-17-15-37(14-4-5-16-41-27-19-22(32)18-23(33)20-27)29(40)44-25-10-12-26(13-11-25)45-31(34,35)36/h6-13,18-20H,3-5,14-17H2,1-2H3,(H,38,39). The van der Waals surface area contributed by atoms with Crippen molar-refractivity contribution in [1.29, 1.82) is 0 Å². The maximum absolute atomic E-state index is 13.0. The van der Waals surface area contributed by atoms with Gasteiger partial charge in [0.25, 0.3) is 0 Å². The fourth-order valence-corrected chi connectivity index (χ4v) is 4.58. The molecule has 1 N–H and O–H groups in total. The lowest BCUT2D eigenvalue weighted by molar-refractivity contribution is -0.274. The van der Waals surface area contributed by atoms with Crippen LogP contribution in [0.2, 0.25) is 10.0 Å². The topological polar surface area (TPSA) is 104 Å². The Balaban J connectivity index is 1.60. The Morgan fingerprint density at radius 3 is 1.96 bits per heavy atom. The van der Waals surface area contributed by atoms with Gasteiger partial charge in [-0.1, -0.05) is 35.3 Å². The van der Waals surface area contributed by atoms with Crippen LogP contribution in [0.3, 0.4) is 0 Å². The molecule has 244 valence electrons. The highest BCUT2D eigenvalue weighted by Gasteiger charge is 2.36. The second-order valence-electron chi connectivity index (χ2n) is 9.68. The first kappa shape index (κ1) is 35.6. The number of alkyl halides is 3. The number of rotatable bonds is 16. The quantitative estimate of drug-likeness (QED) is 0.153. The van der Waals surface area contributed by atoms with Gasteiger partial charge in [-0.25, -0.2) is 9.59 Å². The van der Waals surface area contributed by atoms with E-state index in [4.69, 9.17) is 42.1 Å². The van der Waals surface area contributed by atoms with Gasteiger partial charge in [-0.2, -0.15) is 0 Å². The first-order chi connectivity index (χ1) is 21.3. The summed E-state index contributed by atoms with van der Waals surface area (Å²) >= 11 is 12.0. The van der Waals surface area contributed by atoms with E-state index in [0.29, 0.717) is 46.6 Å². The van der Waals surface area contributed by atoms with Crippen molar-refractivity contribution in [2.45, 2.75) is 38.7 Å². The molecule has 0 aliphatic heterocycles. The lowest BCUT2D eigenvalue weighted by Crippen LogP contribution is -2.37. The van der Waals surface area contributed by atoms with E-state index >= 15 is 0 Å². The van der Waals surface area contributed by atoms with Gasteiger partial charge in [0.1, 0.15) is 29.6 Å². The smallest absolute Gasteiger partial charge is 0.493 e. The largest absolute Gasteiger partial charge is 0.573 e. The van der Waals surface area contributed by atoms with E-state index in [0.717, 1.165) is 12.1 Å². The van der Waals surface area contributed by atoms with Gasteiger partial charge < -0.3 is 33.7 Å². The summed E-state index contributed by atoms with van der Waals surface area (Å²) in [6.07, 6.45) is -4.52. The van der Waals surface area contributed by atoms with Crippen molar-refractivity contribution in [3.63, 3.8) is 0 Å². The van der Waals surface area contributed by atoms with E-state index in [9.17, 15) is 27.9 Å². The minimum atomic E-state index is -4.85. The Morgan fingerprint density at radius 1 is 0.800 bits per heavy atom. The highest BCUT2D eigenvalue weighted by molar-refractivity contribution is 6.34. The SMILES string of the molecule is CCOC(C)(C(=O)O)c1ccc(OCCN(CCCCOc2cc(Cl)cc(Cl)c2)C(=O)Oc2ccc(OC(F)(F)F)cc2)cc1. The summed E-state index contributed by atoms with van der Waals surface area (Å²) in [7, 11) is 0. The molecule has 0 aliphatic rings. The predicted octanol–water partition coefficient (Wildman–Crippen LogP) is 7.97. The van der Waals surface area contributed by atoms with E-state index in [2.05, 4.69) is 4.74 Å². The molecule has 0 saturated carbocycles. The van der Waals surface area contributed by atoms with Crippen LogP contribution in [0.5, 0.6) is 23.0 Å². The van der Waals surface area contributed by atoms with Gasteiger partial charge in [0.15, 0.2) is 5.60 Å². The average Bonchev–Trinajstić information content (AvgIpc) is 2.96. The fourth-order valence-electron chi connectivity index (χ4n) is 4.08. The number of ether oxygens (including phenoxy) is 5. The molecule has 9 nitrogen and oxygen atoms in total. The van der Waals surface area contributed by atoms with Crippen LogP contribution >= 0.6 is 23.2 Å². The Bertz CT molecular complexity index is 1390. The van der Waals surface area contributed by atoms with Crippen molar-refractivity contribution < 1.29 is 51.6 Å². The van der Waals surface area contributed by atoms with Gasteiger partial charge in [-0.15, -0.1) is 13.2 Å². The number of carbonyl (C=O) groups excluding carboxylic acids is 1. The van der Waals surface area contributed by atoms with Crippen molar-refractivity contribution in [2.75, 3.05) is 32.9 Å². The zero-order valence-corrected chi connectivity index (χ0v) is 26.0. The van der Waals surface area contributed by atoms with Crippen LogP contribution in [-0.4, -0.2) is 61.3 Å². The molecule has 3 aromatic carbocycles. The van der Waals surface area contributed by atoms with Crippen molar-refractivity contribution >= 4 is 35.3 Å². The Hall–Kier alpha value is -3.87. The van der Waals surface area contributed by atoms with Gasteiger partial charge in [0, 0.05) is 23.2 Å². The van der Waals surface area contributed by atoms with E-state index in [1.54, 1.807) is 49.4 Å². The third kappa shape index (κ3) is 11.5. The maximum Gasteiger partial charge on any atom is 0.573 e. The summed E-state index contributed by atoms with van der Waals surface area (Å²) in [6.45, 7) is 4.11. The number of unbranched alkanes of at least 4 members (excludes halogenated alkanes) is 1. The van der Waals surface area contributed by atoms with Crippen LogP contribution in [0.4, 0.5) is 18.0 Å². The summed E-state index contributed by atoms with van der Waals surface area (Å²) in [5.41, 5.74) is -1.09. The Labute approximate surface area is 268 Å². The summed E-state index contributed by atoms with van der Waals surface area (Å²) in [6, 6.07) is 15.7. The number of nitrogens with zero attached hydrogens (tertiary/aromatic N) is 1. The zero-order valence-electron chi connectivity index (χ0n) is 24.4. The molecule has 0 radical (unpaired) electrons. The number of hydrogen-bond acceptors (Lipinski definition) is 7. The van der Waals surface area contributed by atoms with E-state index in [-0.39, 0.29) is 32.1 Å². The molecular formula is C31H32Cl2F3NO8. The van der Waals surface area contributed by atoms with E-state index < -0.39 is 29.8 Å². The van der Waals surface area contributed by atoms with Crippen LogP contribution in [-0.2, 0) is 15.1 Å². The number of amides is 1. The molecule has 3 aromatic rings. The summed E-state index contributed by atoms with van der Waals surface area (Å²) in [5, 5.41) is 10.5. The molecule has 1 amide bonds. The van der Waals surface area contributed by atoms with Crippen molar-refractivity contribution in [3.8, 4) is 23.0 Å². The third-order valence-corrected chi connectivity index (χ3v) is 6.76. The molecule has 3 rings (SSSR count). The van der Waals surface area contributed by atoms with Gasteiger partial charge in [-0.05, 0) is 86.8 Å². The molecule has 0 spiro atoms. The minimum absolute atomic E-state index is 0.0213. The maximum atomic E-state index is 13.0. The predicted molar refractivity (Wildman–Crippen MR) is 160 cm³/mol. The number of aliphatic carboxylic acids is 1. The molecule has 45 heavy (non-hydrogen) atoms. The lowest BCUT2D eigenvalue weighted by atomic mass is 9.96. The lowest BCUT2D eigenvalue weighted by Gasteiger charge is -2.25. The van der Waals surface area contributed by atoms with Crippen molar-refractivity contribution in [1.82, 2.24) is 4.90 Å². The van der Waals surface area contributed by atoms with Crippen molar-refractivity contribution in [2.24, 2.45) is 0 Å². The van der Waals surface area contributed by atoms with Gasteiger partial charge >= 0.3 is 18.4 Å². The monoisotopic (exact) mass is 673 g/mol. The number of hydrogen-bond donors (Lipinski definition) is 1. The minimum Gasteiger partial charge on any atom is -0.493 e. The Morgan fingerprint density at radius 2 is 1.38 bits per heavy atom. The van der Waals surface area contributed by atoms with Crippen LogP contribution in [0.15, 0.2) is 66.7 Å². The highest BCUT2D eigenvalue weighted by atomic mass is 35.5. The zero-order chi connectivity index (χ0) is 33.0. The number of carboxylic acids is 1. The van der Waals surface area contributed by atoms with Crippen LogP contribution in [0.1, 0.15) is 32.3 Å². The molecule has 0 bridgehead atoms. The van der Waals surface area contributed by atoms with E-state index in [1.807, 2.05) is 0 Å². The van der Waals surface area contributed by atoms with Crippen molar-refractivity contribution in [3.05, 3.63) is 82.3 Å². The number of carbonyl (C=O) groups is 2. The molecule has 1 unspecified atom stereocenters. The third-order valence-electron chi connectivity index (χ3n) is 6.32. The van der Waals surface area contributed by atoms with Gasteiger partial charge in [0.05, 0.1) is 13.2 Å². The first-order valence-corrected chi connectivity index (χ1v) is 14.6. The second kappa shape index (κ2) is 16.4. The molecule has 0 aliphatic carbocycles. The highest BCUT2D eigenvalue weighted by Crippen LogP contribution is 2.28. The first-order valence-electron chi connectivity index (χ1n) is 13.8. The summed E-state index contributed by atoms with van der Waals surface area (Å²) in [4.78, 5) is 26.2. The summed E-state index contributed by atoms with van der Waals surface area (Å²) < 4.78 is 63.5. The normalized spacial score (nSPS) is 12.6. The molecular weight excluding hydrogens is 642 g/mol. The molecule has 0 aromatic heterocycles. The molecule has 0 fully saturated rings. The van der Waals surface area contributed by atoms with Crippen LogP contribution in [0.25, 0.3) is 0 Å². The average molecular weight is 674 g/mol. The number of benzene rings is 3. The van der Waals surface area contributed by atoms with Crippen LogP contribution in [0, 0.1) is 0 Å². The number of halogens is 5. The van der Waals surface area contributed by atoms with Gasteiger partial charge in [-0.3, -0.25) is 0 Å². The molecule has 0 heterocycles. The molecule has 14 heteroatoms.